The van der Waals surface area contributed by atoms with Crippen LogP contribution in [0.25, 0.3) is 0 Å². The van der Waals surface area contributed by atoms with Crippen LogP contribution in [0.1, 0.15) is 51.6 Å². The van der Waals surface area contributed by atoms with Crippen molar-refractivity contribution >= 4 is 23.5 Å². The fourth-order valence-electron chi connectivity index (χ4n) is 3.25. The van der Waals surface area contributed by atoms with Crippen molar-refractivity contribution in [2.24, 2.45) is 0 Å². The number of hydrogen-bond donors (Lipinski definition) is 1. The van der Waals surface area contributed by atoms with Gasteiger partial charge in [0.05, 0.1) is 12.2 Å². The lowest BCUT2D eigenvalue weighted by atomic mass is 10.1. The molecule has 0 saturated carbocycles. The van der Waals surface area contributed by atoms with Crippen LogP contribution in [0.3, 0.4) is 0 Å². The second-order valence-electron chi connectivity index (χ2n) is 6.77. The number of amides is 2. The van der Waals surface area contributed by atoms with Crippen molar-refractivity contribution in [1.82, 2.24) is 4.90 Å². The number of nitrogens with zero attached hydrogens (tertiary/aromatic N) is 1. The Morgan fingerprint density at radius 3 is 2.54 bits per heavy atom. The van der Waals surface area contributed by atoms with E-state index in [1.807, 2.05) is 17.0 Å². The Bertz CT molecular complexity index is 890. The lowest BCUT2D eigenvalue weighted by Gasteiger charge is -2.16. The Kier molecular flexibility index (Phi) is 6.09. The summed E-state index contributed by atoms with van der Waals surface area (Å²) in [6.07, 6.45) is 1.52. The lowest BCUT2D eigenvalue weighted by Crippen LogP contribution is -2.23. The van der Waals surface area contributed by atoms with Gasteiger partial charge in [-0.05, 0) is 55.7 Å². The Morgan fingerprint density at radius 2 is 1.89 bits per heavy atom. The molecule has 2 amide bonds. The predicted molar refractivity (Wildman–Crippen MR) is 106 cm³/mol. The second kappa shape index (κ2) is 8.69. The third-order valence-electron chi connectivity index (χ3n) is 4.84. The number of carbonyl (C=O) groups is 3. The zero-order chi connectivity index (χ0) is 20.1. The summed E-state index contributed by atoms with van der Waals surface area (Å²) in [5.74, 6) is -0.483. The number of likely N-dealkylation sites (tertiary alicyclic amines) is 1. The SMILES string of the molecule is CCOC(=O)c1cccc(NC(=O)c2ccc(CN3CCCC3=O)cc2)c1C. The molecule has 0 aliphatic carbocycles. The molecule has 146 valence electrons. The predicted octanol–water partition coefficient (Wildman–Crippen LogP) is 3.55. The topological polar surface area (TPSA) is 75.7 Å². The highest BCUT2D eigenvalue weighted by Gasteiger charge is 2.20. The number of nitrogens with one attached hydrogen (secondary N) is 1. The average Bonchev–Trinajstić information content (AvgIpc) is 3.08. The smallest absolute Gasteiger partial charge is 0.338 e. The molecule has 1 heterocycles. The van der Waals surface area contributed by atoms with Gasteiger partial charge in [-0.1, -0.05) is 18.2 Å². The molecule has 1 saturated heterocycles. The molecule has 0 atom stereocenters. The number of rotatable bonds is 6. The largest absolute Gasteiger partial charge is 0.462 e. The van der Waals surface area contributed by atoms with Gasteiger partial charge in [0.15, 0.2) is 0 Å². The van der Waals surface area contributed by atoms with Crippen LogP contribution in [0.4, 0.5) is 5.69 Å². The van der Waals surface area contributed by atoms with Crippen LogP contribution in [0.2, 0.25) is 0 Å². The fraction of sp³-hybridized carbons (Fsp3) is 0.318. The highest BCUT2D eigenvalue weighted by atomic mass is 16.5. The quantitative estimate of drug-likeness (QED) is 0.778. The van der Waals surface area contributed by atoms with E-state index < -0.39 is 5.97 Å². The zero-order valence-electron chi connectivity index (χ0n) is 16.2. The lowest BCUT2D eigenvalue weighted by molar-refractivity contribution is -0.128. The molecule has 6 nitrogen and oxygen atoms in total. The van der Waals surface area contributed by atoms with Gasteiger partial charge in [0.1, 0.15) is 0 Å². The maximum absolute atomic E-state index is 12.6. The molecular weight excluding hydrogens is 356 g/mol. The molecule has 0 spiro atoms. The molecule has 1 aliphatic rings. The van der Waals surface area contributed by atoms with Crippen LogP contribution < -0.4 is 5.32 Å². The van der Waals surface area contributed by atoms with E-state index in [0.29, 0.717) is 42.0 Å². The summed E-state index contributed by atoms with van der Waals surface area (Å²) in [4.78, 5) is 38.2. The van der Waals surface area contributed by atoms with Gasteiger partial charge in [0.2, 0.25) is 5.91 Å². The number of benzene rings is 2. The Hall–Kier alpha value is -3.15. The van der Waals surface area contributed by atoms with Gasteiger partial charge in [0, 0.05) is 30.8 Å². The molecule has 2 aromatic carbocycles. The molecule has 28 heavy (non-hydrogen) atoms. The van der Waals surface area contributed by atoms with Gasteiger partial charge in [-0.2, -0.15) is 0 Å². The third kappa shape index (κ3) is 4.39. The minimum absolute atomic E-state index is 0.179. The van der Waals surface area contributed by atoms with Crippen molar-refractivity contribution < 1.29 is 19.1 Å². The average molecular weight is 380 g/mol. The van der Waals surface area contributed by atoms with Gasteiger partial charge in [0.25, 0.3) is 5.91 Å². The van der Waals surface area contributed by atoms with Crippen LogP contribution >= 0.6 is 0 Å². The first kappa shape index (κ1) is 19.6. The standard InChI is InChI=1S/C22H24N2O4/c1-3-28-22(27)18-6-4-7-19(15(18)2)23-21(26)17-11-9-16(10-12-17)14-24-13-5-8-20(24)25/h4,6-7,9-12H,3,5,8,13-14H2,1-2H3,(H,23,26). The Morgan fingerprint density at radius 1 is 1.14 bits per heavy atom. The molecular formula is C22H24N2O4. The van der Waals surface area contributed by atoms with Crippen molar-refractivity contribution in [3.05, 3.63) is 64.7 Å². The normalized spacial score (nSPS) is 13.5. The fourth-order valence-corrected chi connectivity index (χ4v) is 3.25. The summed E-state index contributed by atoms with van der Waals surface area (Å²) >= 11 is 0. The summed E-state index contributed by atoms with van der Waals surface area (Å²) in [7, 11) is 0. The molecule has 1 N–H and O–H groups in total. The minimum atomic E-state index is -0.406. The van der Waals surface area contributed by atoms with E-state index in [4.69, 9.17) is 4.74 Å². The molecule has 3 rings (SSSR count). The summed E-state index contributed by atoms with van der Waals surface area (Å²) in [6.45, 7) is 5.18. The van der Waals surface area contributed by atoms with Gasteiger partial charge in [-0.15, -0.1) is 0 Å². The van der Waals surface area contributed by atoms with Crippen LogP contribution in [0.15, 0.2) is 42.5 Å². The molecule has 1 fully saturated rings. The van der Waals surface area contributed by atoms with Gasteiger partial charge >= 0.3 is 5.97 Å². The maximum atomic E-state index is 12.6. The highest BCUT2D eigenvalue weighted by Crippen LogP contribution is 2.21. The molecule has 0 aromatic heterocycles. The second-order valence-corrected chi connectivity index (χ2v) is 6.77. The number of carbonyl (C=O) groups excluding carboxylic acids is 3. The van der Waals surface area contributed by atoms with Crippen LogP contribution in [0, 0.1) is 6.92 Å². The van der Waals surface area contributed by atoms with Crippen LogP contribution in [-0.2, 0) is 16.1 Å². The van der Waals surface area contributed by atoms with Gasteiger partial charge in [-0.3, -0.25) is 9.59 Å². The van der Waals surface area contributed by atoms with E-state index in [-0.39, 0.29) is 11.8 Å². The molecule has 6 heteroatoms. The first-order chi connectivity index (χ1) is 13.5. The van der Waals surface area contributed by atoms with E-state index in [9.17, 15) is 14.4 Å². The molecule has 2 aromatic rings. The molecule has 1 aliphatic heterocycles. The first-order valence-corrected chi connectivity index (χ1v) is 9.44. The van der Waals surface area contributed by atoms with Crippen LogP contribution in [0.5, 0.6) is 0 Å². The molecule has 0 unspecified atom stereocenters. The van der Waals surface area contributed by atoms with Crippen molar-refractivity contribution in [2.75, 3.05) is 18.5 Å². The van der Waals surface area contributed by atoms with Gasteiger partial charge in [-0.25, -0.2) is 4.79 Å². The summed E-state index contributed by atoms with van der Waals surface area (Å²) < 4.78 is 5.05. The highest BCUT2D eigenvalue weighted by molar-refractivity contribution is 6.05. The van der Waals surface area contributed by atoms with Crippen molar-refractivity contribution in [3.8, 4) is 0 Å². The van der Waals surface area contributed by atoms with Gasteiger partial charge < -0.3 is 15.0 Å². The maximum Gasteiger partial charge on any atom is 0.338 e. The van der Waals surface area contributed by atoms with Crippen molar-refractivity contribution in [2.45, 2.75) is 33.2 Å². The van der Waals surface area contributed by atoms with Crippen LogP contribution in [-0.4, -0.2) is 35.8 Å². The molecule has 0 bridgehead atoms. The summed E-state index contributed by atoms with van der Waals surface area (Å²) in [5.41, 5.74) is 3.18. The number of hydrogen-bond acceptors (Lipinski definition) is 4. The minimum Gasteiger partial charge on any atom is -0.462 e. The van der Waals surface area contributed by atoms with E-state index in [0.717, 1.165) is 18.5 Å². The first-order valence-electron chi connectivity index (χ1n) is 9.44. The Balaban J connectivity index is 1.68. The molecule has 0 radical (unpaired) electrons. The number of ether oxygens (including phenoxy) is 1. The van der Waals surface area contributed by atoms with E-state index in [1.54, 1.807) is 44.2 Å². The summed E-state index contributed by atoms with van der Waals surface area (Å²) in [6, 6.07) is 12.4. The van der Waals surface area contributed by atoms with E-state index in [2.05, 4.69) is 5.32 Å². The van der Waals surface area contributed by atoms with Crippen molar-refractivity contribution in [1.29, 1.82) is 0 Å². The van der Waals surface area contributed by atoms with Crippen molar-refractivity contribution in [3.63, 3.8) is 0 Å². The number of esters is 1. The van der Waals surface area contributed by atoms with E-state index in [1.165, 1.54) is 0 Å². The third-order valence-corrected chi connectivity index (χ3v) is 4.84. The van der Waals surface area contributed by atoms with E-state index >= 15 is 0 Å². The Labute approximate surface area is 164 Å². The monoisotopic (exact) mass is 380 g/mol. The summed E-state index contributed by atoms with van der Waals surface area (Å²) in [5, 5.41) is 2.85. The zero-order valence-corrected chi connectivity index (χ0v) is 16.2. The number of anilines is 1.